The quantitative estimate of drug-likeness (QED) is 0.762. The highest BCUT2D eigenvalue weighted by Crippen LogP contribution is 2.32. The van der Waals surface area contributed by atoms with Gasteiger partial charge in [0.2, 0.25) is 5.88 Å². The van der Waals surface area contributed by atoms with Crippen molar-refractivity contribution in [2.75, 3.05) is 14.2 Å². The van der Waals surface area contributed by atoms with Gasteiger partial charge >= 0.3 is 5.97 Å². The fourth-order valence-corrected chi connectivity index (χ4v) is 1.48. The molecule has 1 aromatic heterocycles. The van der Waals surface area contributed by atoms with Gasteiger partial charge in [-0.25, -0.2) is 13.8 Å². The molecule has 0 N–H and O–H groups in total. The lowest BCUT2D eigenvalue weighted by atomic mass is 10.0. The second-order valence-corrected chi connectivity index (χ2v) is 3.40. The topological polar surface area (TPSA) is 48.4 Å². The molecule has 0 unspecified atom stereocenters. The summed E-state index contributed by atoms with van der Waals surface area (Å²) in [6, 6.07) is 0. The van der Waals surface area contributed by atoms with Crippen molar-refractivity contribution in [1.82, 2.24) is 4.98 Å². The number of esters is 1. The third-order valence-corrected chi connectivity index (χ3v) is 2.37. The van der Waals surface area contributed by atoms with Crippen molar-refractivity contribution in [1.29, 1.82) is 0 Å². The summed E-state index contributed by atoms with van der Waals surface area (Å²) in [5, 5.41) is 0. The van der Waals surface area contributed by atoms with Crippen LogP contribution in [-0.4, -0.2) is 25.2 Å². The van der Waals surface area contributed by atoms with Crippen molar-refractivity contribution in [2.45, 2.75) is 19.8 Å². The summed E-state index contributed by atoms with van der Waals surface area (Å²) in [5.74, 6) is -0.743. The Hall–Kier alpha value is -1.72. The first-order valence-corrected chi connectivity index (χ1v) is 4.88. The first kappa shape index (κ1) is 13.3. The van der Waals surface area contributed by atoms with E-state index in [9.17, 15) is 13.6 Å². The van der Waals surface area contributed by atoms with Gasteiger partial charge in [0, 0.05) is 6.20 Å². The zero-order valence-electron chi connectivity index (χ0n) is 9.79. The highest BCUT2D eigenvalue weighted by Gasteiger charge is 2.23. The molecular formula is C11H13F2NO3. The third-order valence-electron chi connectivity index (χ3n) is 2.37. The average molecular weight is 245 g/mol. The molecule has 17 heavy (non-hydrogen) atoms. The lowest BCUT2D eigenvalue weighted by Crippen LogP contribution is -2.11. The summed E-state index contributed by atoms with van der Waals surface area (Å²) in [7, 11) is 2.46. The van der Waals surface area contributed by atoms with Gasteiger partial charge in [0.05, 0.1) is 26.2 Å². The Bertz CT molecular complexity index is 421. The minimum Gasteiger partial charge on any atom is -0.481 e. The number of hydrogen-bond donors (Lipinski definition) is 0. The number of hydrogen-bond acceptors (Lipinski definition) is 4. The second-order valence-electron chi connectivity index (χ2n) is 3.40. The zero-order valence-corrected chi connectivity index (χ0v) is 9.79. The molecule has 1 aromatic rings. The van der Waals surface area contributed by atoms with Crippen LogP contribution in [0.25, 0.3) is 0 Å². The molecule has 0 aliphatic heterocycles. The Balaban J connectivity index is 3.28. The Labute approximate surface area is 97.6 Å². The van der Waals surface area contributed by atoms with E-state index in [-0.39, 0.29) is 23.4 Å². The van der Waals surface area contributed by atoms with Crippen LogP contribution in [0.1, 0.15) is 23.1 Å². The molecule has 94 valence electrons. The molecular weight excluding hydrogens is 232 g/mol. The van der Waals surface area contributed by atoms with Gasteiger partial charge < -0.3 is 9.47 Å². The van der Waals surface area contributed by atoms with Gasteiger partial charge in [0.1, 0.15) is 0 Å². The maximum absolute atomic E-state index is 12.9. The second kappa shape index (κ2) is 5.56. The van der Waals surface area contributed by atoms with E-state index in [1.54, 1.807) is 6.92 Å². The summed E-state index contributed by atoms with van der Waals surface area (Å²) >= 11 is 0. The minimum absolute atomic E-state index is 0.162. The van der Waals surface area contributed by atoms with Crippen molar-refractivity contribution in [3.63, 3.8) is 0 Å². The summed E-state index contributed by atoms with van der Waals surface area (Å²) in [6.07, 6.45) is -1.58. The van der Waals surface area contributed by atoms with Gasteiger partial charge in [0.15, 0.2) is 0 Å². The maximum atomic E-state index is 12.9. The summed E-state index contributed by atoms with van der Waals surface area (Å²) in [5.41, 5.74) is 0.364. The molecule has 4 nitrogen and oxygen atoms in total. The van der Waals surface area contributed by atoms with Crippen LogP contribution in [0, 0.1) is 6.92 Å². The molecule has 0 aromatic carbocycles. The fourth-order valence-electron chi connectivity index (χ4n) is 1.48. The molecule has 0 spiro atoms. The minimum atomic E-state index is -2.75. The number of aromatic nitrogens is 1. The normalized spacial score (nSPS) is 10.5. The number of pyridine rings is 1. The molecule has 6 heteroatoms. The van der Waals surface area contributed by atoms with Gasteiger partial charge in [-0.3, -0.25) is 4.79 Å². The van der Waals surface area contributed by atoms with Crippen LogP contribution in [-0.2, 0) is 16.0 Å². The molecule has 0 saturated carbocycles. The first-order valence-electron chi connectivity index (χ1n) is 4.88. The van der Waals surface area contributed by atoms with Crippen molar-refractivity contribution in [2.24, 2.45) is 0 Å². The van der Waals surface area contributed by atoms with Crippen molar-refractivity contribution in [3.05, 3.63) is 22.9 Å². The number of nitrogens with zero attached hydrogens (tertiary/aromatic N) is 1. The number of alkyl halides is 2. The van der Waals surface area contributed by atoms with Crippen molar-refractivity contribution in [3.8, 4) is 5.88 Å². The Morgan fingerprint density at radius 2 is 2.12 bits per heavy atom. The smallest absolute Gasteiger partial charge is 0.310 e. The predicted octanol–water partition coefficient (Wildman–Crippen LogP) is 2.05. The lowest BCUT2D eigenvalue weighted by molar-refractivity contribution is -0.139. The SMILES string of the molecule is COC(=O)Cc1c(C)cnc(OC)c1C(F)F. The molecule has 0 bridgehead atoms. The van der Waals surface area contributed by atoms with Crippen LogP contribution < -0.4 is 4.74 Å². The molecule has 0 fully saturated rings. The number of aryl methyl sites for hydroxylation is 1. The maximum Gasteiger partial charge on any atom is 0.310 e. The molecule has 0 amide bonds. The molecule has 0 aliphatic rings. The van der Waals surface area contributed by atoms with E-state index in [2.05, 4.69) is 9.72 Å². The van der Waals surface area contributed by atoms with Crippen LogP contribution in [0.2, 0.25) is 0 Å². The number of ether oxygens (including phenoxy) is 2. The van der Waals surface area contributed by atoms with Crippen LogP contribution in [0.3, 0.4) is 0 Å². The van der Waals surface area contributed by atoms with E-state index in [1.807, 2.05) is 0 Å². The van der Waals surface area contributed by atoms with Gasteiger partial charge in [-0.2, -0.15) is 0 Å². The van der Waals surface area contributed by atoms with Crippen LogP contribution in [0.15, 0.2) is 6.20 Å². The van der Waals surface area contributed by atoms with Crippen LogP contribution in [0.5, 0.6) is 5.88 Å². The third kappa shape index (κ3) is 2.89. The number of carbonyl (C=O) groups excluding carboxylic acids is 1. The van der Waals surface area contributed by atoms with Crippen LogP contribution in [0.4, 0.5) is 8.78 Å². The molecule has 1 heterocycles. The van der Waals surface area contributed by atoms with Gasteiger partial charge in [-0.05, 0) is 18.1 Å². The highest BCUT2D eigenvalue weighted by molar-refractivity contribution is 5.73. The van der Waals surface area contributed by atoms with Crippen molar-refractivity contribution < 1.29 is 23.0 Å². The monoisotopic (exact) mass is 245 g/mol. The van der Waals surface area contributed by atoms with E-state index < -0.39 is 12.4 Å². The Morgan fingerprint density at radius 3 is 2.59 bits per heavy atom. The molecule has 0 saturated heterocycles. The molecule has 0 aliphatic carbocycles. The van der Waals surface area contributed by atoms with Gasteiger partial charge in [0.25, 0.3) is 6.43 Å². The fraction of sp³-hybridized carbons (Fsp3) is 0.455. The van der Waals surface area contributed by atoms with E-state index in [0.717, 1.165) is 0 Å². The number of halogens is 2. The predicted molar refractivity (Wildman–Crippen MR) is 56.2 cm³/mol. The summed E-state index contributed by atoms with van der Waals surface area (Å²) in [6.45, 7) is 1.61. The van der Waals surface area contributed by atoms with E-state index in [1.165, 1.54) is 20.4 Å². The number of carbonyl (C=O) groups is 1. The molecule has 0 radical (unpaired) electrons. The standard InChI is InChI=1S/C11H13F2NO3/c1-6-5-14-11(17-3)9(10(12)13)7(6)4-8(15)16-2/h5,10H,4H2,1-3H3. The van der Waals surface area contributed by atoms with Crippen LogP contribution >= 0.6 is 0 Å². The van der Waals surface area contributed by atoms with E-state index in [4.69, 9.17) is 4.74 Å². The summed E-state index contributed by atoms with van der Waals surface area (Å²) < 4.78 is 35.1. The number of methoxy groups -OCH3 is 2. The number of rotatable bonds is 4. The first-order chi connectivity index (χ1) is 8.01. The van der Waals surface area contributed by atoms with Gasteiger partial charge in [-0.15, -0.1) is 0 Å². The van der Waals surface area contributed by atoms with E-state index >= 15 is 0 Å². The lowest BCUT2D eigenvalue weighted by Gasteiger charge is -2.13. The van der Waals surface area contributed by atoms with Gasteiger partial charge in [-0.1, -0.05) is 0 Å². The zero-order chi connectivity index (χ0) is 13.0. The summed E-state index contributed by atoms with van der Waals surface area (Å²) in [4.78, 5) is 14.9. The highest BCUT2D eigenvalue weighted by atomic mass is 19.3. The molecule has 1 rings (SSSR count). The largest absolute Gasteiger partial charge is 0.481 e. The van der Waals surface area contributed by atoms with Crippen molar-refractivity contribution >= 4 is 5.97 Å². The Kier molecular flexibility index (Phi) is 4.37. The average Bonchev–Trinajstić information content (AvgIpc) is 2.30. The Morgan fingerprint density at radius 1 is 1.47 bits per heavy atom. The molecule has 0 atom stereocenters. The van der Waals surface area contributed by atoms with E-state index in [0.29, 0.717) is 5.56 Å².